The van der Waals surface area contributed by atoms with E-state index in [4.69, 9.17) is 18.9 Å². The van der Waals surface area contributed by atoms with Gasteiger partial charge in [-0.2, -0.15) is 0 Å². The highest BCUT2D eigenvalue weighted by atomic mass is 16.7. The Hall–Kier alpha value is -2.49. The standard InChI is InChI=1S/C68H127NO8/c1-6-8-10-12-14-16-18-20-22-24-26-28-30-32-33-35-37-39-41-43-45-47-49-51-53-55-57-59-66(71)77-64(63-76-68(67(72)73)74-61-60-69(3,4)5)62-75-65(70)58-56-54-52-50-48-46-44-42-40-38-36-34-31-29-27-25-23-21-19-17-15-13-11-9-7-2/h18,20,24-27,64,68H,6-17,19,21-23,28-63H2,1-5H3/b20-18-,26-24-,27-25-. The zero-order valence-corrected chi connectivity index (χ0v) is 51.6. The lowest BCUT2D eigenvalue weighted by Gasteiger charge is -2.26. The molecule has 0 aliphatic carbocycles. The topological polar surface area (TPSA) is 111 Å². The minimum absolute atomic E-state index is 0.149. The number of quaternary nitrogens is 1. The lowest BCUT2D eigenvalue weighted by Crippen LogP contribution is -2.44. The molecule has 9 heteroatoms. The van der Waals surface area contributed by atoms with Crippen LogP contribution in [0.4, 0.5) is 0 Å². The molecule has 0 aliphatic rings. The molecule has 452 valence electrons. The Morgan fingerprint density at radius 1 is 0.390 bits per heavy atom. The van der Waals surface area contributed by atoms with E-state index in [2.05, 4.69) is 50.3 Å². The third kappa shape index (κ3) is 61.0. The second kappa shape index (κ2) is 59.6. The van der Waals surface area contributed by atoms with Crippen LogP contribution in [-0.4, -0.2) is 82.3 Å². The van der Waals surface area contributed by atoms with E-state index in [0.717, 1.165) is 38.5 Å². The summed E-state index contributed by atoms with van der Waals surface area (Å²) >= 11 is 0. The number of nitrogens with zero attached hydrogens (tertiary/aromatic N) is 1. The number of carboxylic acid groups (broad SMARTS) is 1. The Bertz CT molecular complexity index is 1360. The van der Waals surface area contributed by atoms with Crippen LogP contribution in [0.3, 0.4) is 0 Å². The minimum atomic E-state index is -1.62. The van der Waals surface area contributed by atoms with Gasteiger partial charge in [-0.1, -0.05) is 275 Å². The second-order valence-corrected chi connectivity index (χ2v) is 23.8. The molecule has 77 heavy (non-hydrogen) atoms. The normalized spacial score (nSPS) is 12.9. The average molecular weight is 1090 g/mol. The quantitative estimate of drug-likeness (QED) is 0.0195. The summed E-state index contributed by atoms with van der Waals surface area (Å²) in [6.07, 6.45) is 70.7. The number of esters is 2. The molecular weight excluding hydrogens is 959 g/mol. The number of carbonyl (C=O) groups excluding carboxylic acids is 3. The van der Waals surface area contributed by atoms with Gasteiger partial charge in [-0.15, -0.1) is 0 Å². The molecule has 0 aromatic rings. The van der Waals surface area contributed by atoms with Crippen LogP contribution in [-0.2, 0) is 33.3 Å². The fourth-order valence-corrected chi connectivity index (χ4v) is 9.74. The van der Waals surface area contributed by atoms with Crippen molar-refractivity contribution in [3.8, 4) is 0 Å². The molecule has 0 saturated heterocycles. The van der Waals surface area contributed by atoms with Crippen molar-refractivity contribution in [1.82, 2.24) is 0 Å². The monoisotopic (exact) mass is 1090 g/mol. The van der Waals surface area contributed by atoms with Crippen molar-refractivity contribution in [1.29, 1.82) is 0 Å². The summed E-state index contributed by atoms with van der Waals surface area (Å²) in [7, 11) is 5.94. The first-order valence-electron chi connectivity index (χ1n) is 33.1. The van der Waals surface area contributed by atoms with Gasteiger partial charge in [-0.05, 0) is 70.6 Å². The number of hydrogen-bond donors (Lipinski definition) is 0. The van der Waals surface area contributed by atoms with Crippen LogP contribution in [0, 0.1) is 0 Å². The maximum Gasteiger partial charge on any atom is 0.306 e. The predicted octanol–water partition coefficient (Wildman–Crippen LogP) is 18.7. The van der Waals surface area contributed by atoms with E-state index in [1.807, 2.05) is 21.1 Å². The third-order valence-electron chi connectivity index (χ3n) is 14.9. The first-order valence-corrected chi connectivity index (χ1v) is 33.1. The van der Waals surface area contributed by atoms with Crippen LogP contribution in [0.15, 0.2) is 36.5 Å². The van der Waals surface area contributed by atoms with Crippen LogP contribution in [0.25, 0.3) is 0 Å². The smallest absolute Gasteiger partial charge is 0.306 e. The Morgan fingerprint density at radius 2 is 0.701 bits per heavy atom. The van der Waals surface area contributed by atoms with Crippen molar-refractivity contribution < 1.29 is 42.9 Å². The maximum absolute atomic E-state index is 12.9. The maximum atomic E-state index is 12.9. The van der Waals surface area contributed by atoms with Gasteiger partial charge in [0.05, 0.1) is 40.3 Å². The molecule has 0 heterocycles. The fraction of sp³-hybridized carbons (Fsp3) is 0.868. The van der Waals surface area contributed by atoms with Crippen molar-refractivity contribution in [3.63, 3.8) is 0 Å². The molecule has 0 spiro atoms. The van der Waals surface area contributed by atoms with Crippen molar-refractivity contribution in [2.75, 3.05) is 47.5 Å². The molecule has 0 amide bonds. The molecule has 0 radical (unpaired) electrons. The van der Waals surface area contributed by atoms with Crippen LogP contribution in [0.2, 0.25) is 0 Å². The van der Waals surface area contributed by atoms with Gasteiger partial charge in [0.1, 0.15) is 13.2 Å². The molecule has 0 aromatic heterocycles. The molecular formula is C68H127NO8. The van der Waals surface area contributed by atoms with E-state index in [1.165, 1.54) is 250 Å². The number of ether oxygens (including phenoxy) is 4. The number of rotatable bonds is 62. The average Bonchev–Trinajstić information content (AvgIpc) is 3.40. The van der Waals surface area contributed by atoms with Crippen molar-refractivity contribution in [2.24, 2.45) is 0 Å². The zero-order chi connectivity index (χ0) is 56.2. The Balaban J connectivity index is 4.13. The van der Waals surface area contributed by atoms with E-state index in [0.29, 0.717) is 23.9 Å². The molecule has 9 nitrogen and oxygen atoms in total. The molecule has 0 aliphatic heterocycles. The highest BCUT2D eigenvalue weighted by Gasteiger charge is 2.22. The lowest BCUT2D eigenvalue weighted by atomic mass is 10.0. The SMILES string of the molecule is CCCCCCC/C=C\C/C=C\CCCCCCCCCCCCCCCCCC(=O)OC(COC(=O)CCCCCCCCCCCCCCC/C=C\CCCCCCCCCC)COC(OCC[N+](C)(C)C)C(=O)[O-]. The summed E-state index contributed by atoms with van der Waals surface area (Å²) in [5.74, 6) is -2.26. The van der Waals surface area contributed by atoms with E-state index >= 15 is 0 Å². The molecule has 2 atom stereocenters. The van der Waals surface area contributed by atoms with Crippen LogP contribution < -0.4 is 5.11 Å². The number of hydrogen-bond acceptors (Lipinski definition) is 8. The van der Waals surface area contributed by atoms with Crippen molar-refractivity contribution in [2.45, 2.75) is 334 Å². The van der Waals surface area contributed by atoms with Crippen molar-refractivity contribution in [3.05, 3.63) is 36.5 Å². The Morgan fingerprint density at radius 3 is 1.04 bits per heavy atom. The van der Waals surface area contributed by atoms with Crippen molar-refractivity contribution >= 4 is 17.9 Å². The van der Waals surface area contributed by atoms with E-state index < -0.39 is 24.3 Å². The molecule has 0 fully saturated rings. The number of likely N-dealkylation sites (N-methyl/N-ethyl adjacent to an activating group) is 1. The summed E-state index contributed by atoms with van der Waals surface area (Å²) in [6.45, 7) is 4.79. The molecule has 0 bridgehead atoms. The summed E-state index contributed by atoms with van der Waals surface area (Å²) in [5.41, 5.74) is 0. The summed E-state index contributed by atoms with van der Waals surface area (Å²) in [5, 5.41) is 11.8. The first kappa shape index (κ1) is 74.5. The van der Waals surface area contributed by atoms with Gasteiger partial charge in [0, 0.05) is 12.8 Å². The number of carbonyl (C=O) groups is 3. The largest absolute Gasteiger partial charge is 0.545 e. The Kier molecular flexibility index (Phi) is 57.7. The van der Waals surface area contributed by atoms with E-state index in [1.54, 1.807) is 0 Å². The van der Waals surface area contributed by atoms with Crippen LogP contribution in [0.5, 0.6) is 0 Å². The van der Waals surface area contributed by atoms with E-state index in [-0.39, 0.29) is 32.2 Å². The van der Waals surface area contributed by atoms with Gasteiger partial charge in [0.15, 0.2) is 12.4 Å². The molecule has 0 saturated carbocycles. The second-order valence-electron chi connectivity index (χ2n) is 23.8. The van der Waals surface area contributed by atoms with Gasteiger partial charge in [0.25, 0.3) is 0 Å². The van der Waals surface area contributed by atoms with Gasteiger partial charge in [-0.3, -0.25) is 9.59 Å². The predicted molar refractivity (Wildman–Crippen MR) is 325 cm³/mol. The molecule has 0 rings (SSSR count). The molecule has 2 unspecified atom stereocenters. The van der Waals surface area contributed by atoms with Gasteiger partial charge in [-0.25, -0.2) is 0 Å². The summed E-state index contributed by atoms with van der Waals surface area (Å²) in [4.78, 5) is 37.4. The van der Waals surface area contributed by atoms with Gasteiger partial charge >= 0.3 is 11.9 Å². The molecule has 0 aromatic carbocycles. The van der Waals surface area contributed by atoms with Crippen LogP contribution in [0.1, 0.15) is 322 Å². The first-order chi connectivity index (χ1) is 37.6. The van der Waals surface area contributed by atoms with Gasteiger partial charge < -0.3 is 33.3 Å². The number of aliphatic carboxylic acids is 1. The zero-order valence-electron chi connectivity index (χ0n) is 51.6. The number of carboxylic acids is 1. The highest BCUT2D eigenvalue weighted by Crippen LogP contribution is 2.18. The number of unbranched alkanes of at least 4 members (excludes halogenated alkanes) is 41. The number of allylic oxidation sites excluding steroid dienone is 6. The minimum Gasteiger partial charge on any atom is -0.545 e. The molecule has 0 N–H and O–H groups in total. The fourth-order valence-electron chi connectivity index (χ4n) is 9.74. The van der Waals surface area contributed by atoms with Crippen LogP contribution >= 0.6 is 0 Å². The van der Waals surface area contributed by atoms with Gasteiger partial charge in [0.2, 0.25) is 0 Å². The summed E-state index contributed by atoms with van der Waals surface area (Å²) < 4.78 is 22.8. The highest BCUT2D eigenvalue weighted by molar-refractivity contribution is 5.70. The lowest BCUT2D eigenvalue weighted by molar-refractivity contribution is -0.870. The Labute approximate surface area is 477 Å². The van der Waals surface area contributed by atoms with E-state index in [9.17, 15) is 19.5 Å². The third-order valence-corrected chi connectivity index (χ3v) is 14.9. The summed E-state index contributed by atoms with van der Waals surface area (Å²) in [6, 6.07) is 0.